The second kappa shape index (κ2) is 11.6. The van der Waals surface area contributed by atoms with Crippen LogP contribution in [0.2, 0.25) is 18.1 Å². The van der Waals surface area contributed by atoms with Crippen molar-refractivity contribution >= 4 is 8.32 Å². The van der Waals surface area contributed by atoms with E-state index in [0.29, 0.717) is 47.4 Å². The van der Waals surface area contributed by atoms with Crippen LogP contribution in [0.5, 0.6) is 0 Å². The van der Waals surface area contributed by atoms with Crippen LogP contribution in [0.25, 0.3) is 0 Å². The maximum absolute atomic E-state index is 7.01. The zero-order valence-corrected chi connectivity index (χ0v) is 28.9. The first-order chi connectivity index (χ1) is 19.2. The molecule has 0 bridgehead atoms. The lowest BCUT2D eigenvalue weighted by atomic mass is 9.43. The van der Waals surface area contributed by atoms with E-state index in [2.05, 4.69) is 64.8 Å². The van der Waals surface area contributed by atoms with E-state index in [1.165, 1.54) is 51.4 Å². The SMILES string of the molecule is COCc1nnc(CC[C@@H](C)[C@H]2CC[C@H]3[C@@H]4[C@H](OC)C[C@@H]5C[C@H](O[Si](C)(C)C(C)(C)C)CC[C@]5(C)[C@H]4CC[C@]23C)o1. The van der Waals surface area contributed by atoms with E-state index < -0.39 is 8.32 Å². The Bertz CT molecular complexity index is 1040. The Kier molecular flexibility index (Phi) is 8.98. The van der Waals surface area contributed by atoms with Crippen molar-refractivity contribution in [2.45, 2.75) is 143 Å². The highest BCUT2D eigenvalue weighted by atomic mass is 28.4. The summed E-state index contributed by atoms with van der Waals surface area (Å²) in [5.74, 6) is 5.71. The standard InChI is InChI=1S/C34H60N2O4Si/c1-22(11-14-29-35-36-30(39-29)21-37-7)25-12-13-26-31-27(16-18-34(25,26)6)33(5)17-15-24(19-23(33)20-28(31)38-8)40-41(9,10)32(2,3)4/h22-28,31H,11-21H2,1-10H3/t22-,23+,24-,25-,26+,27+,28-,31+,33+,34-/m1/s1. The minimum Gasteiger partial charge on any atom is -0.423 e. The molecule has 4 saturated carbocycles. The number of hydrogen-bond donors (Lipinski definition) is 0. The van der Waals surface area contributed by atoms with Gasteiger partial charge in [-0.25, -0.2) is 0 Å². The average molecular weight is 589 g/mol. The van der Waals surface area contributed by atoms with Gasteiger partial charge in [0.15, 0.2) is 8.32 Å². The third-order valence-corrected chi connectivity index (χ3v) is 18.1. The molecule has 0 unspecified atom stereocenters. The number of methoxy groups -OCH3 is 2. The van der Waals surface area contributed by atoms with Gasteiger partial charge < -0.3 is 18.3 Å². The lowest BCUT2D eigenvalue weighted by Gasteiger charge is -2.63. The van der Waals surface area contributed by atoms with Gasteiger partial charge in [0.25, 0.3) is 0 Å². The average Bonchev–Trinajstić information content (AvgIpc) is 3.50. The first-order valence-corrected chi connectivity index (χ1v) is 19.6. The Morgan fingerprint density at radius 2 is 1.63 bits per heavy atom. The van der Waals surface area contributed by atoms with Crippen molar-refractivity contribution in [1.29, 1.82) is 0 Å². The molecular weight excluding hydrogens is 528 g/mol. The second-order valence-electron chi connectivity index (χ2n) is 16.5. The smallest absolute Gasteiger partial charge is 0.242 e. The first-order valence-electron chi connectivity index (χ1n) is 16.7. The Hall–Kier alpha value is -0.763. The number of aryl methyl sites for hydroxylation is 1. The fraction of sp³-hybridized carbons (Fsp3) is 0.941. The van der Waals surface area contributed by atoms with Gasteiger partial charge in [0.2, 0.25) is 11.8 Å². The molecule has 0 N–H and O–H groups in total. The summed E-state index contributed by atoms with van der Waals surface area (Å²) in [5, 5.41) is 8.67. The quantitative estimate of drug-likeness (QED) is 0.270. The maximum atomic E-state index is 7.01. The molecular formula is C34H60N2O4Si. The highest BCUT2D eigenvalue weighted by molar-refractivity contribution is 6.74. The minimum atomic E-state index is -1.76. The fourth-order valence-electron chi connectivity index (χ4n) is 10.2. The summed E-state index contributed by atoms with van der Waals surface area (Å²) < 4.78 is 24.4. The predicted molar refractivity (Wildman–Crippen MR) is 166 cm³/mol. The van der Waals surface area contributed by atoms with Gasteiger partial charge in [0, 0.05) is 26.7 Å². The molecule has 4 aliphatic rings. The van der Waals surface area contributed by atoms with E-state index in [1.54, 1.807) is 7.11 Å². The van der Waals surface area contributed by atoms with Crippen LogP contribution in [0.3, 0.4) is 0 Å². The number of hydrogen-bond acceptors (Lipinski definition) is 6. The maximum Gasteiger partial charge on any atom is 0.242 e. The number of nitrogens with zero attached hydrogens (tertiary/aromatic N) is 2. The summed E-state index contributed by atoms with van der Waals surface area (Å²) in [6.07, 6.45) is 13.3. The molecule has 0 aliphatic heterocycles. The van der Waals surface area contributed by atoms with Crippen LogP contribution in [0.1, 0.15) is 111 Å². The largest absolute Gasteiger partial charge is 0.423 e. The van der Waals surface area contributed by atoms with Crippen molar-refractivity contribution in [3.05, 3.63) is 11.8 Å². The first kappa shape index (κ1) is 31.7. The molecule has 0 spiro atoms. The van der Waals surface area contributed by atoms with Crippen LogP contribution in [-0.4, -0.2) is 44.9 Å². The van der Waals surface area contributed by atoms with Crippen LogP contribution >= 0.6 is 0 Å². The molecule has 0 saturated heterocycles. The van der Waals surface area contributed by atoms with Crippen molar-refractivity contribution in [2.24, 2.45) is 46.3 Å². The van der Waals surface area contributed by atoms with Crippen molar-refractivity contribution in [3.8, 4) is 0 Å². The molecule has 1 heterocycles. The Balaban J connectivity index is 1.27. The zero-order chi connectivity index (χ0) is 29.8. The summed E-state index contributed by atoms with van der Waals surface area (Å²) in [6.45, 7) is 20.2. The molecule has 0 amide bonds. The predicted octanol–water partition coefficient (Wildman–Crippen LogP) is 8.46. The van der Waals surface area contributed by atoms with E-state index in [0.717, 1.165) is 42.4 Å². The number of fused-ring (bicyclic) bond motifs is 5. The molecule has 234 valence electrons. The van der Waals surface area contributed by atoms with Crippen molar-refractivity contribution in [1.82, 2.24) is 10.2 Å². The van der Waals surface area contributed by atoms with Crippen LogP contribution in [0.15, 0.2) is 4.42 Å². The summed E-state index contributed by atoms with van der Waals surface area (Å²) in [7, 11) is 1.90. The molecule has 6 nitrogen and oxygen atoms in total. The van der Waals surface area contributed by atoms with Crippen molar-refractivity contribution in [2.75, 3.05) is 14.2 Å². The van der Waals surface area contributed by atoms with E-state index in [9.17, 15) is 0 Å². The van der Waals surface area contributed by atoms with Gasteiger partial charge >= 0.3 is 0 Å². The summed E-state index contributed by atoms with van der Waals surface area (Å²) in [4.78, 5) is 0. The summed E-state index contributed by atoms with van der Waals surface area (Å²) in [6, 6.07) is 0. The van der Waals surface area contributed by atoms with E-state index in [-0.39, 0.29) is 5.04 Å². The minimum absolute atomic E-state index is 0.267. The van der Waals surface area contributed by atoms with Gasteiger partial charge in [0.1, 0.15) is 6.61 Å². The van der Waals surface area contributed by atoms with E-state index >= 15 is 0 Å². The molecule has 41 heavy (non-hydrogen) atoms. The zero-order valence-electron chi connectivity index (χ0n) is 27.9. The van der Waals surface area contributed by atoms with Crippen LogP contribution in [0, 0.1) is 46.3 Å². The van der Waals surface area contributed by atoms with Crippen molar-refractivity contribution < 1.29 is 18.3 Å². The summed E-state index contributed by atoms with van der Waals surface area (Å²) >= 11 is 0. The summed E-state index contributed by atoms with van der Waals surface area (Å²) in [5.41, 5.74) is 0.829. The van der Waals surface area contributed by atoms with E-state index in [1.807, 2.05) is 7.11 Å². The molecule has 5 rings (SSSR count). The van der Waals surface area contributed by atoms with E-state index in [4.69, 9.17) is 18.3 Å². The second-order valence-corrected chi connectivity index (χ2v) is 21.3. The Labute approximate surface area is 251 Å². The van der Waals surface area contributed by atoms with Gasteiger partial charge in [-0.15, -0.1) is 10.2 Å². The van der Waals surface area contributed by atoms with Gasteiger partial charge in [-0.2, -0.15) is 0 Å². The third-order valence-electron chi connectivity index (χ3n) is 13.5. The molecule has 0 aromatic carbocycles. The Morgan fingerprint density at radius 1 is 0.951 bits per heavy atom. The fourth-order valence-corrected chi connectivity index (χ4v) is 11.6. The number of ether oxygens (including phenoxy) is 2. The molecule has 1 aromatic rings. The number of rotatable bonds is 9. The molecule has 10 atom stereocenters. The van der Waals surface area contributed by atoms with Gasteiger partial charge in [-0.1, -0.05) is 41.5 Å². The van der Waals surface area contributed by atoms with Gasteiger partial charge in [-0.3, -0.25) is 0 Å². The van der Waals surface area contributed by atoms with Crippen molar-refractivity contribution in [3.63, 3.8) is 0 Å². The van der Waals surface area contributed by atoms with Crippen LogP contribution < -0.4 is 0 Å². The number of aromatic nitrogens is 2. The van der Waals surface area contributed by atoms with Gasteiger partial charge in [0.05, 0.1) is 6.10 Å². The van der Waals surface area contributed by atoms with Gasteiger partial charge in [-0.05, 0) is 122 Å². The lowest BCUT2D eigenvalue weighted by molar-refractivity contribution is -0.180. The molecule has 0 radical (unpaired) electrons. The van der Waals surface area contributed by atoms with Crippen LogP contribution in [0.4, 0.5) is 0 Å². The molecule has 4 aliphatic carbocycles. The van der Waals surface area contributed by atoms with Crippen LogP contribution in [-0.2, 0) is 26.9 Å². The highest BCUT2D eigenvalue weighted by Crippen LogP contribution is 2.69. The molecule has 7 heteroatoms. The molecule has 1 aromatic heterocycles. The topological polar surface area (TPSA) is 66.6 Å². The monoisotopic (exact) mass is 588 g/mol. The normalized spacial score (nSPS) is 40.1. The Morgan fingerprint density at radius 3 is 2.32 bits per heavy atom. The highest BCUT2D eigenvalue weighted by Gasteiger charge is 2.63. The molecule has 4 fully saturated rings. The lowest BCUT2D eigenvalue weighted by Crippen LogP contribution is -2.59. The third kappa shape index (κ3) is 5.75.